The Morgan fingerprint density at radius 1 is 1.75 bits per heavy atom. The molecule has 0 aromatic carbocycles. The second-order valence-electron chi connectivity index (χ2n) is 2.81. The van der Waals surface area contributed by atoms with E-state index in [0.717, 1.165) is 12.0 Å². The highest BCUT2D eigenvalue weighted by molar-refractivity contribution is 7.14. The largest absolute Gasteiger partial charge is 0.294 e. The van der Waals surface area contributed by atoms with Crippen LogP contribution in [0.2, 0.25) is 4.34 Å². The minimum Gasteiger partial charge on any atom is -0.294 e. The van der Waals surface area contributed by atoms with Crippen LogP contribution in [0.3, 0.4) is 0 Å². The van der Waals surface area contributed by atoms with Crippen LogP contribution in [-0.2, 0) is 0 Å². The highest BCUT2D eigenvalue weighted by Gasteiger charge is 2.14. The lowest BCUT2D eigenvalue weighted by Gasteiger charge is -2.03. The summed E-state index contributed by atoms with van der Waals surface area (Å²) >= 11 is 7.12. The van der Waals surface area contributed by atoms with Gasteiger partial charge in [0.15, 0.2) is 5.78 Å². The van der Waals surface area contributed by atoms with Crippen LogP contribution in [0.25, 0.3) is 0 Å². The van der Waals surface area contributed by atoms with Crippen LogP contribution in [0.1, 0.15) is 30.6 Å². The summed E-state index contributed by atoms with van der Waals surface area (Å²) in [5.74, 6) is 0.302. The molecule has 0 N–H and O–H groups in total. The first-order chi connectivity index (χ1) is 5.65. The summed E-state index contributed by atoms with van der Waals surface area (Å²) in [5.41, 5.74) is 0.749. The van der Waals surface area contributed by atoms with Crippen LogP contribution in [0.5, 0.6) is 0 Å². The first kappa shape index (κ1) is 9.75. The summed E-state index contributed by atoms with van der Waals surface area (Å²) in [5, 5.41) is 1.82. The minimum atomic E-state index is 0.107. The Kier molecular flexibility index (Phi) is 3.29. The summed E-state index contributed by atoms with van der Waals surface area (Å²) < 4.78 is 0.682. The predicted molar refractivity (Wildman–Crippen MR) is 53.1 cm³/mol. The number of thiophene rings is 1. The van der Waals surface area contributed by atoms with Crippen LogP contribution < -0.4 is 0 Å². The molecule has 1 aromatic heterocycles. The first-order valence-electron chi connectivity index (χ1n) is 3.93. The Balaban J connectivity index is 2.78. The average molecular weight is 203 g/mol. The number of Topliss-reactive ketones (excluding diaryl/α,β-unsaturated/α-hetero) is 1. The molecule has 0 aliphatic rings. The number of halogens is 1. The Labute approximate surface area is 81.4 Å². The van der Waals surface area contributed by atoms with Crippen molar-refractivity contribution in [1.82, 2.24) is 0 Å². The van der Waals surface area contributed by atoms with Gasteiger partial charge >= 0.3 is 0 Å². The van der Waals surface area contributed by atoms with Crippen molar-refractivity contribution in [2.75, 3.05) is 0 Å². The van der Waals surface area contributed by atoms with E-state index in [4.69, 9.17) is 11.6 Å². The quantitative estimate of drug-likeness (QED) is 0.685. The maximum absolute atomic E-state index is 11.5. The Morgan fingerprint density at radius 3 is 2.83 bits per heavy atom. The van der Waals surface area contributed by atoms with E-state index in [2.05, 4.69) is 0 Å². The van der Waals surface area contributed by atoms with Gasteiger partial charge in [0.2, 0.25) is 0 Å². The number of hydrogen-bond donors (Lipinski definition) is 0. The molecular weight excluding hydrogens is 192 g/mol. The molecule has 0 radical (unpaired) electrons. The van der Waals surface area contributed by atoms with Crippen molar-refractivity contribution in [1.29, 1.82) is 0 Å². The normalized spacial score (nSPS) is 12.9. The fourth-order valence-electron chi connectivity index (χ4n) is 0.909. The van der Waals surface area contributed by atoms with Gasteiger partial charge in [-0.25, -0.2) is 0 Å². The van der Waals surface area contributed by atoms with Crippen molar-refractivity contribution in [2.45, 2.75) is 20.3 Å². The molecule has 0 saturated carbocycles. The molecule has 12 heavy (non-hydrogen) atoms. The molecule has 0 bridgehead atoms. The average Bonchev–Trinajstić information content (AvgIpc) is 2.49. The van der Waals surface area contributed by atoms with E-state index in [-0.39, 0.29) is 11.7 Å². The van der Waals surface area contributed by atoms with E-state index in [1.165, 1.54) is 11.3 Å². The molecule has 0 aliphatic carbocycles. The topological polar surface area (TPSA) is 17.1 Å². The molecule has 1 heterocycles. The number of hydrogen-bond acceptors (Lipinski definition) is 2. The van der Waals surface area contributed by atoms with Crippen molar-refractivity contribution >= 4 is 28.7 Å². The zero-order valence-corrected chi connectivity index (χ0v) is 8.71. The van der Waals surface area contributed by atoms with Crippen LogP contribution in [0.15, 0.2) is 11.4 Å². The van der Waals surface area contributed by atoms with E-state index in [1.807, 2.05) is 19.2 Å². The SMILES string of the molecule is CCC(C)C(=O)c1csc(Cl)c1. The summed E-state index contributed by atoms with van der Waals surface area (Å²) in [4.78, 5) is 11.5. The van der Waals surface area contributed by atoms with Crippen LogP contribution >= 0.6 is 22.9 Å². The van der Waals surface area contributed by atoms with E-state index in [0.29, 0.717) is 4.34 Å². The molecule has 1 rings (SSSR count). The Bertz CT molecular complexity index is 280. The number of rotatable bonds is 3. The third-order valence-electron chi connectivity index (χ3n) is 1.91. The summed E-state index contributed by atoms with van der Waals surface area (Å²) in [6, 6.07) is 1.74. The molecule has 3 heteroatoms. The van der Waals surface area contributed by atoms with Gasteiger partial charge in [-0.05, 0) is 12.5 Å². The van der Waals surface area contributed by atoms with Gasteiger partial charge in [0, 0.05) is 16.9 Å². The molecule has 1 nitrogen and oxygen atoms in total. The van der Waals surface area contributed by atoms with Gasteiger partial charge in [0.25, 0.3) is 0 Å². The van der Waals surface area contributed by atoms with Crippen LogP contribution in [-0.4, -0.2) is 5.78 Å². The smallest absolute Gasteiger partial charge is 0.166 e. The first-order valence-corrected chi connectivity index (χ1v) is 5.19. The summed E-state index contributed by atoms with van der Waals surface area (Å²) in [7, 11) is 0. The fourth-order valence-corrected chi connectivity index (χ4v) is 1.78. The van der Waals surface area contributed by atoms with Gasteiger partial charge in [0.05, 0.1) is 4.34 Å². The molecule has 0 saturated heterocycles. The third-order valence-corrected chi connectivity index (χ3v) is 3.00. The minimum absolute atomic E-state index is 0.107. The summed E-state index contributed by atoms with van der Waals surface area (Å²) in [6.07, 6.45) is 0.881. The van der Waals surface area contributed by atoms with Gasteiger partial charge in [-0.3, -0.25) is 4.79 Å². The van der Waals surface area contributed by atoms with E-state index in [9.17, 15) is 4.79 Å². The van der Waals surface area contributed by atoms with E-state index < -0.39 is 0 Å². The van der Waals surface area contributed by atoms with Gasteiger partial charge in [-0.2, -0.15) is 0 Å². The molecule has 0 spiro atoms. The van der Waals surface area contributed by atoms with Crippen molar-refractivity contribution in [3.05, 3.63) is 21.3 Å². The molecule has 0 amide bonds. The molecular formula is C9H11ClOS. The second-order valence-corrected chi connectivity index (χ2v) is 4.36. The molecule has 66 valence electrons. The van der Waals surface area contributed by atoms with Crippen LogP contribution in [0.4, 0.5) is 0 Å². The van der Waals surface area contributed by atoms with Gasteiger partial charge in [-0.15, -0.1) is 11.3 Å². The van der Waals surface area contributed by atoms with Crippen molar-refractivity contribution in [3.8, 4) is 0 Å². The van der Waals surface area contributed by atoms with Crippen molar-refractivity contribution in [2.24, 2.45) is 5.92 Å². The van der Waals surface area contributed by atoms with E-state index in [1.54, 1.807) is 6.07 Å². The molecule has 1 aromatic rings. The zero-order chi connectivity index (χ0) is 9.14. The van der Waals surface area contributed by atoms with Crippen molar-refractivity contribution < 1.29 is 4.79 Å². The highest BCUT2D eigenvalue weighted by Crippen LogP contribution is 2.22. The molecule has 0 fully saturated rings. The predicted octanol–water partition coefficient (Wildman–Crippen LogP) is 3.63. The lowest BCUT2D eigenvalue weighted by Crippen LogP contribution is -2.08. The number of carbonyl (C=O) groups is 1. The number of ketones is 1. The zero-order valence-electron chi connectivity index (χ0n) is 7.13. The van der Waals surface area contributed by atoms with Gasteiger partial charge in [0.1, 0.15) is 0 Å². The Morgan fingerprint density at radius 2 is 2.42 bits per heavy atom. The Hall–Kier alpha value is -0.340. The lowest BCUT2D eigenvalue weighted by atomic mass is 10.00. The maximum atomic E-state index is 11.5. The highest BCUT2D eigenvalue weighted by atomic mass is 35.5. The fraction of sp³-hybridized carbons (Fsp3) is 0.444. The van der Waals surface area contributed by atoms with Gasteiger partial charge in [-0.1, -0.05) is 25.4 Å². The summed E-state index contributed by atoms with van der Waals surface area (Å²) in [6.45, 7) is 3.95. The molecule has 0 aliphatic heterocycles. The van der Waals surface area contributed by atoms with E-state index >= 15 is 0 Å². The maximum Gasteiger partial charge on any atom is 0.166 e. The second kappa shape index (κ2) is 4.06. The van der Waals surface area contributed by atoms with Crippen molar-refractivity contribution in [3.63, 3.8) is 0 Å². The van der Waals surface area contributed by atoms with Gasteiger partial charge < -0.3 is 0 Å². The molecule has 1 unspecified atom stereocenters. The number of carbonyl (C=O) groups excluding carboxylic acids is 1. The standard InChI is InChI=1S/C9H11ClOS/c1-3-6(2)9(11)7-4-8(10)12-5-7/h4-6H,3H2,1-2H3. The monoisotopic (exact) mass is 202 g/mol. The lowest BCUT2D eigenvalue weighted by molar-refractivity contribution is 0.0928. The molecule has 1 atom stereocenters. The third kappa shape index (κ3) is 2.08. The van der Waals surface area contributed by atoms with Crippen LogP contribution in [0, 0.1) is 5.92 Å².